The highest BCUT2D eigenvalue weighted by Crippen LogP contribution is 2.49. The number of carboxylic acids is 1. The second-order valence-corrected chi connectivity index (χ2v) is 4.74. The van der Waals surface area contributed by atoms with Crippen LogP contribution in [-0.4, -0.2) is 22.1 Å². The van der Waals surface area contributed by atoms with Gasteiger partial charge in [0, 0.05) is 5.25 Å². The van der Waals surface area contributed by atoms with Crippen molar-refractivity contribution >= 4 is 17.7 Å². The van der Waals surface area contributed by atoms with E-state index in [1.807, 2.05) is 11.8 Å². The van der Waals surface area contributed by atoms with E-state index in [4.69, 9.17) is 5.11 Å². The van der Waals surface area contributed by atoms with Crippen molar-refractivity contribution in [1.29, 1.82) is 0 Å². The highest BCUT2D eigenvalue weighted by Gasteiger charge is 2.48. The van der Waals surface area contributed by atoms with Gasteiger partial charge in [-0.3, -0.25) is 4.79 Å². The monoisotopic (exact) mass is 172 g/mol. The van der Waals surface area contributed by atoms with E-state index in [2.05, 4.69) is 0 Å². The minimum Gasteiger partial charge on any atom is -0.481 e. The van der Waals surface area contributed by atoms with Crippen LogP contribution < -0.4 is 0 Å². The van der Waals surface area contributed by atoms with Crippen LogP contribution in [0.1, 0.15) is 19.3 Å². The number of thioether (sulfide) groups is 1. The predicted octanol–water partition coefficient (Wildman–Crippen LogP) is 1.60. The molecular weight excluding hydrogens is 160 g/mol. The summed E-state index contributed by atoms with van der Waals surface area (Å²) >= 11 is 1.97. The standard InChI is InChI=1S/C8H12O2S/c9-8(10)6-4-5(6)7-2-1-3-11-7/h5-7H,1-4H2,(H,9,10)/t5-,6-,7?/m0/s1. The van der Waals surface area contributed by atoms with Gasteiger partial charge in [-0.15, -0.1) is 0 Å². The van der Waals surface area contributed by atoms with Gasteiger partial charge in [0.05, 0.1) is 5.92 Å². The van der Waals surface area contributed by atoms with Crippen molar-refractivity contribution in [3.05, 3.63) is 0 Å². The largest absolute Gasteiger partial charge is 0.481 e. The maximum atomic E-state index is 10.5. The van der Waals surface area contributed by atoms with Gasteiger partial charge in [-0.1, -0.05) is 0 Å². The summed E-state index contributed by atoms with van der Waals surface area (Å²) in [6, 6.07) is 0. The molecule has 0 amide bonds. The molecular formula is C8H12O2S. The summed E-state index contributed by atoms with van der Waals surface area (Å²) in [5.41, 5.74) is 0. The van der Waals surface area contributed by atoms with E-state index in [-0.39, 0.29) is 5.92 Å². The first-order chi connectivity index (χ1) is 5.29. The number of rotatable bonds is 2. The molecule has 1 saturated heterocycles. The predicted molar refractivity (Wildman–Crippen MR) is 44.7 cm³/mol. The molecule has 0 aromatic rings. The second-order valence-electron chi connectivity index (χ2n) is 3.40. The maximum absolute atomic E-state index is 10.5. The molecule has 62 valence electrons. The van der Waals surface area contributed by atoms with Gasteiger partial charge >= 0.3 is 5.97 Å². The van der Waals surface area contributed by atoms with E-state index in [9.17, 15) is 4.79 Å². The van der Waals surface area contributed by atoms with Crippen LogP contribution in [0.4, 0.5) is 0 Å². The lowest BCUT2D eigenvalue weighted by molar-refractivity contribution is -0.138. The number of hydrogen-bond acceptors (Lipinski definition) is 2. The van der Waals surface area contributed by atoms with Crippen LogP contribution in [0.2, 0.25) is 0 Å². The molecule has 2 rings (SSSR count). The van der Waals surface area contributed by atoms with E-state index in [1.54, 1.807) is 0 Å². The molecule has 0 aromatic carbocycles. The van der Waals surface area contributed by atoms with Crippen molar-refractivity contribution in [1.82, 2.24) is 0 Å². The Balaban J connectivity index is 1.85. The van der Waals surface area contributed by atoms with Crippen LogP contribution >= 0.6 is 11.8 Å². The Morgan fingerprint density at radius 2 is 2.36 bits per heavy atom. The average molecular weight is 172 g/mol. The van der Waals surface area contributed by atoms with Crippen LogP contribution in [0, 0.1) is 11.8 Å². The molecule has 3 heteroatoms. The van der Waals surface area contributed by atoms with E-state index < -0.39 is 5.97 Å². The minimum absolute atomic E-state index is 0.00519. The molecule has 0 bridgehead atoms. The summed E-state index contributed by atoms with van der Waals surface area (Å²) < 4.78 is 0. The molecule has 1 aliphatic carbocycles. The summed E-state index contributed by atoms with van der Waals surface area (Å²) in [6.45, 7) is 0. The van der Waals surface area contributed by atoms with Gasteiger partial charge in [0.15, 0.2) is 0 Å². The molecule has 0 spiro atoms. The first kappa shape index (κ1) is 7.47. The third-order valence-electron chi connectivity index (χ3n) is 2.60. The summed E-state index contributed by atoms with van der Waals surface area (Å²) in [5, 5.41) is 9.35. The molecule has 2 aliphatic rings. The van der Waals surface area contributed by atoms with E-state index in [0.29, 0.717) is 11.2 Å². The van der Waals surface area contributed by atoms with Gasteiger partial charge in [0.2, 0.25) is 0 Å². The average Bonchev–Trinajstić information content (AvgIpc) is 2.60. The van der Waals surface area contributed by atoms with Crippen molar-refractivity contribution in [2.24, 2.45) is 11.8 Å². The molecule has 1 unspecified atom stereocenters. The van der Waals surface area contributed by atoms with Crippen LogP contribution in [0.3, 0.4) is 0 Å². The molecule has 11 heavy (non-hydrogen) atoms. The molecule has 1 N–H and O–H groups in total. The number of aliphatic carboxylic acids is 1. The van der Waals surface area contributed by atoms with E-state index in [1.165, 1.54) is 18.6 Å². The van der Waals surface area contributed by atoms with Crippen molar-refractivity contribution in [3.63, 3.8) is 0 Å². The Labute approximate surface area is 70.4 Å². The first-order valence-corrected chi connectivity index (χ1v) is 5.18. The van der Waals surface area contributed by atoms with E-state index in [0.717, 1.165) is 6.42 Å². The fourth-order valence-electron chi connectivity index (χ4n) is 1.85. The Morgan fingerprint density at radius 3 is 2.82 bits per heavy atom. The highest BCUT2D eigenvalue weighted by atomic mass is 32.2. The zero-order valence-electron chi connectivity index (χ0n) is 6.32. The second kappa shape index (κ2) is 2.70. The third kappa shape index (κ3) is 1.39. The van der Waals surface area contributed by atoms with Gasteiger partial charge < -0.3 is 5.11 Å². The fraction of sp³-hybridized carbons (Fsp3) is 0.875. The first-order valence-electron chi connectivity index (χ1n) is 4.13. The van der Waals surface area contributed by atoms with Gasteiger partial charge in [-0.05, 0) is 30.9 Å². The summed E-state index contributed by atoms with van der Waals surface area (Å²) in [4.78, 5) is 10.5. The zero-order valence-corrected chi connectivity index (χ0v) is 7.14. The zero-order chi connectivity index (χ0) is 7.84. The van der Waals surface area contributed by atoms with E-state index >= 15 is 0 Å². The van der Waals surface area contributed by atoms with Gasteiger partial charge in [0.25, 0.3) is 0 Å². The number of hydrogen-bond donors (Lipinski definition) is 1. The lowest BCUT2D eigenvalue weighted by Crippen LogP contribution is -2.07. The van der Waals surface area contributed by atoms with Gasteiger partial charge in [-0.25, -0.2) is 0 Å². The quantitative estimate of drug-likeness (QED) is 0.687. The summed E-state index contributed by atoms with van der Waals surface area (Å²) in [5.74, 6) is 1.18. The van der Waals surface area contributed by atoms with Crippen LogP contribution in [0.25, 0.3) is 0 Å². The van der Waals surface area contributed by atoms with Crippen molar-refractivity contribution < 1.29 is 9.90 Å². The number of carbonyl (C=O) groups is 1. The molecule has 1 saturated carbocycles. The molecule has 0 radical (unpaired) electrons. The topological polar surface area (TPSA) is 37.3 Å². The Morgan fingerprint density at radius 1 is 1.55 bits per heavy atom. The van der Waals surface area contributed by atoms with Gasteiger partial charge in [-0.2, -0.15) is 11.8 Å². The normalized spacial score (nSPS) is 42.4. The van der Waals surface area contributed by atoms with Crippen molar-refractivity contribution in [3.8, 4) is 0 Å². The lowest BCUT2D eigenvalue weighted by atomic mass is 10.1. The molecule has 0 aromatic heterocycles. The molecule has 1 aliphatic heterocycles. The molecule has 2 fully saturated rings. The number of carboxylic acid groups (broad SMARTS) is 1. The molecule has 1 heterocycles. The van der Waals surface area contributed by atoms with Crippen LogP contribution in [-0.2, 0) is 4.79 Å². The fourth-order valence-corrected chi connectivity index (χ4v) is 3.37. The SMILES string of the molecule is O=C(O)[C@H]1C[C@@H]1C1CCCS1. The minimum atomic E-state index is -0.581. The Kier molecular flexibility index (Phi) is 1.83. The third-order valence-corrected chi connectivity index (χ3v) is 4.14. The Bertz CT molecular complexity index is 175. The highest BCUT2D eigenvalue weighted by molar-refractivity contribution is 8.00. The van der Waals surface area contributed by atoms with Crippen molar-refractivity contribution in [2.75, 3.05) is 5.75 Å². The van der Waals surface area contributed by atoms with Crippen LogP contribution in [0.15, 0.2) is 0 Å². The molecule has 3 atom stereocenters. The Hall–Kier alpha value is -0.180. The van der Waals surface area contributed by atoms with Crippen molar-refractivity contribution in [2.45, 2.75) is 24.5 Å². The summed E-state index contributed by atoms with van der Waals surface area (Å²) in [7, 11) is 0. The summed E-state index contributed by atoms with van der Waals surface area (Å²) in [6.07, 6.45) is 3.48. The maximum Gasteiger partial charge on any atom is 0.306 e. The van der Waals surface area contributed by atoms with Crippen LogP contribution in [0.5, 0.6) is 0 Å². The molecule has 2 nitrogen and oxygen atoms in total. The smallest absolute Gasteiger partial charge is 0.306 e. The lowest BCUT2D eigenvalue weighted by Gasteiger charge is -2.04. The van der Waals surface area contributed by atoms with Gasteiger partial charge in [0.1, 0.15) is 0 Å².